The average Bonchev–Trinajstić information content (AvgIpc) is 3.27. The minimum atomic E-state index is -0.810. The van der Waals surface area contributed by atoms with Crippen molar-refractivity contribution in [3.05, 3.63) is 46.1 Å². The Morgan fingerprint density at radius 1 is 1.23 bits per heavy atom. The van der Waals surface area contributed by atoms with Gasteiger partial charge in [-0.25, -0.2) is 9.97 Å². The largest absolute Gasteiger partial charge is 1.00 e. The van der Waals surface area contributed by atoms with Gasteiger partial charge < -0.3 is 11.1 Å². The Morgan fingerprint density at radius 2 is 1.94 bits per heavy atom. The molecule has 3 heterocycles. The molecule has 158 valence electrons. The number of aromatic amines is 1. The van der Waals surface area contributed by atoms with E-state index in [9.17, 15) is 4.39 Å². The van der Waals surface area contributed by atoms with Gasteiger partial charge >= 0.3 is 29.6 Å². The molecule has 3 aromatic heterocycles. The summed E-state index contributed by atoms with van der Waals surface area (Å²) in [5.74, 6) is 0.842. The number of aromatic nitrogens is 5. The molecule has 0 unspecified atom stereocenters. The molecule has 4 aromatic rings. The number of aryl methyl sites for hydroxylation is 1. The Labute approximate surface area is 212 Å². The first-order chi connectivity index (χ1) is 14.3. The Kier molecular flexibility index (Phi) is 7.03. The van der Waals surface area contributed by atoms with Gasteiger partial charge in [0, 0.05) is 23.0 Å². The van der Waals surface area contributed by atoms with E-state index in [1.54, 1.807) is 31.6 Å². The smallest absolute Gasteiger partial charge is 1.00 e. The molecule has 4 rings (SSSR count). The van der Waals surface area contributed by atoms with Crippen LogP contribution in [0.2, 0.25) is 10.0 Å². The van der Waals surface area contributed by atoms with E-state index in [-0.39, 0.29) is 31.0 Å². The maximum Gasteiger partial charge on any atom is 1.00 e. The van der Waals surface area contributed by atoms with Crippen molar-refractivity contribution in [1.82, 2.24) is 24.7 Å². The Hall–Kier alpha value is -1.64. The summed E-state index contributed by atoms with van der Waals surface area (Å²) in [6.07, 6.45) is 0. The molecule has 0 aliphatic carbocycles. The summed E-state index contributed by atoms with van der Waals surface area (Å²) >= 11 is 12.9. The minimum Gasteiger partial charge on any atom is -1.00 e. The van der Waals surface area contributed by atoms with Gasteiger partial charge in [-0.2, -0.15) is 5.10 Å². The molecule has 0 aliphatic rings. The maximum absolute atomic E-state index is 13.5. The molecule has 0 atom stereocenters. The fraction of sp³-hybridized carbons (Fsp3) is 0.286. The number of fused-ring (bicyclic) bond motifs is 1. The number of imidazole rings is 1. The van der Waals surface area contributed by atoms with Crippen LogP contribution in [-0.4, -0.2) is 38.5 Å². The van der Waals surface area contributed by atoms with Crippen LogP contribution in [0.5, 0.6) is 5.88 Å². The van der Waals surface area contributed by atoms with Crippen molar-refractivity contribution in [1.29, 1.82) is 0 Å². The van der Waals surface area contributed by atoms with Crippen LogP contribution in [-0.2, 0) is 12.5 Å². The molecule has 31 heavy (non-hydrogen) atoms. The summed E-state index contributed by atoms with van der Waals surface area (Å²) in [4.78, 5) is 12.5. The molecular formula is C21H21Cl2FN5NaO. The van der Waals surface area contributed by atoms with E-state index < -0.39 is 12.1 Å². The predicted octanol–water partition coefficient (Wildman–Crippen LogP) is 2.70. The van der Waals surface area contributed by atoms with Crippen LogP contribution in [0.3, 0.4) is 0 Å². The fourth-order valence-corrected chi connectivity index (χ4v) is 4.04. The van der Waals surface area contributed by atoms with Gasteiger partial charge in [0.1, 0.15) is 12.4 Å². The van der Waals surface area contributed by atoms with Crippen LogP contribution in [0.25, 0.3) is 33.8 Å². The summed E-state index contributed by atoms with van der Waals surface area (Å²) in [7, 11) is 3.28. The second-order valence-corrected chi connectivity index (χ2v) is 8.42. The van der Waals surface area contributed by atoms with Crippen LogP contribution in [0.15, 0.2) is 30.3 Å². The third-order valence-electron chi connectivity index (χ3n) is 4.97. The van der Waals surface area contributed by atoms with Crippen LogP contribution in [0.4, 0.5) is 4.39 Å². The number of ether oxygens (including phenoxy) is 1. The van der Waals surface area contributed by atoms with Crippen LogP contribution >= 0.6 is 23.2 Å². The molecule has 0 fully saturated rings. The molecule has 0 spiro atoms. The van der Waals surface area contributed by atoms with Gasteiger partial charge in [-0.15, -0.1) is 0 Å². The quantitative estimate of drug-likeness (QED) is 0.454. The Balaban J connectivity index is 0.00000181. The fourth-order valence-electron chi connectivity index (χ4n) is 3.30. The number of nitrogens with zero attached hydrogens (tertiary/aromatic N) is 4. The normalized spacial score (nSPS) is 11.6. The summed E-state index contributed by atoms with van der Waals surface area (Å²) < 4.78 is 20.6. The molecule has 0 saturated heterocycles. The number of hydrogen-bond acceptors (Lipinski definition) is 4. The van der Waals surface area contributed by atoms with Crippen molar-refractivity contribution in [2.75, 3.05) is 13.8 Å². The zero-order valence-electron chi connectivity index (χ0n) is 18.9. The zero-order valence-corrected chi connectivity index (χ0v) is 21.4. The minimum absolute atomic E-state index is 0. The topological polar surface area (TPSA) is 68.6 Å². The van der Waals surface area contributed by atoms with Crippen molar-refractivity contribution in [2.45, 2.75) is 19.3 Å². The standard InChI is InChI=1S/C21H20Cl2FN5O.Na.H/c1-21(2,10-24)18-15(23)17(29(3)28-18)19-25-14-9-13(11-7-5-6-8-12(11)22)26-20(30-4)16(14)27-19;;/h5-9H,10H2,1-4H3,(H,25,27);;/q;+1;-1. The van der Waals surface area contributed by atoms with E-state index in [2.05, 4.69) is 20.1 Å². The number of halogens is 3. The van der Waals surface area contributed by atoms with Gasteiger partial charge in [0.25, 0.3) is 0 Å². The predicted molar refractivity (Wildman–Crippen MR) is 118 cm³/mol. The van der Waals surface area contributed by atoms with Gasteiger partial charge in [0.15, 0.2) is 11.3 Å². The number of pyridine rings is 1. The van der Waals surface area contributed by atoms with Crippen molar-refractivity contribution >= 4 is 34.2 Å². The molecule has 0 radical (unpaired) electrons. The first kappa shape index (κ1) is 24.0. The molecular weight excluding hydrogens is 451 g/mol. The monoisotopic (exact) mass is 471 g/mol. The van der Waals surface area contributed by atoms with E-state index in [1.807, 2.05) is 24.3 Å². The zero-order chi connectivity index (χ0) is 21.6. The van der Waals surface area contributed by atoms with Gasteiger partial charge in [-0.05, 0) is 12.1 Å². The number of rotatable bonds is 5. The molecule has 10 heteroatoms. The van der Waals surface area contributed by atoms with Crippen LogP contribution in [0.1, 0.15) is 21.0 Å². The van der Waals surface area contributed by atoms with Gasteiger partial charge in [0.05, 0.1) is 29.0 Å². The van der Waals surface area contributed by atoms with E-state index in [0.29, 0.717) is 49.9 Å². The second kappa shape index (κ2) is 9.08. The Bertz CT molecular complexity index is 1260. The SMILES string of the molecule is COc1nc(-c2ccccc2Cl)cc2[nH]c(-c3c(Cl)c(C(C)(C)CF)nn3C)nc12.[H-].[Na+]. The van der Waals surface area contributed by atoms with E-state index in [4.69, 9.17) is 27.9 Å². The first-order valence-electron chi connectivity index (χ1n) is 9.25. The summed E-state index contributed by atoms with van der Waals surface area (Å²) in [5.41, 5.74) is 2.91. The molecule has 0 bridgehead atoms. The number of alkyl halides is 1. The van der Waals surface area contributed by atoms with Gasteiger partial charge in [0.2, 0.25) is 5.88 Å². The molecule has 0 saturated carbocycles. The van der Waals surface area contributed by atoms with Crippen molar-refractivity contribution in [3.8, 4) is 28.7 Å². The van der Waals surface area contributed by atoms with E-state index >= 15 is 0 Å². The van der Waals surface area contributed by atoms with Gasteiger partial charge in [-0.1, -0.05) is 55.2 Å². The molecule has 1 aromatic carbocycles. The van der Waals surface area contributed by atoms with Crippen LogP contribution in [0, 0.1) is 0 Å². The van der Waals surface area contributed by atoms with Crippen molar-refractivity contribution in [2.24, 2.45) is 7.05 Å². The third kappa shape index (κ3) is 4.22. The second-order valence-electron chi connectivity index (χ2n) is 7.63. The Morgan fingerprint density at radius 3 is 2.58 bits per heavy atom. The summed E-state index contributed by atoms with van der Waals surface area (Å²) in [5, 5.41) is 5.38. The molecule has 0 aliphatic heterocycles. The molecule has 6 nitrogen and oxygen atoms in total. The molecule has 1 N–H and O–H groups in total. The van der Waals surface area contributed by atoms with E-state index in [0.717, 1.165) is 5.56 Å². The van der Waals surface area contributed by atoms with Crippen LogP contribution < -0.4 is 34.3 Å². The number of methoxy groups -OCH3 is 1. The summed E-state index contributed by atoms with van der Waals surface area (Å²) in [6, 6.07) is 9.29. The third-order valence-corrected chi connectivity index (χ3v) is 5.66. The molecule has 0 amide bonds. The maximum atomic E-state index is 13.5. The number of benzene rings is 1. The van der Waals surface area contributed by atoms with E-state index in [1.165, 1.54) is 7.11 Å². The number of H-pyrrole nitrogens is 1. The van der Waals surface area contributed by atoms with Crippen molar-refractivity contribution < 1.29 is 40.1 Å². The number of hydrogen-bond donors (Lipinski definition) is 1. The number of nitrogens with one attached hydrogen (secondary N) is 1. The summed E-state index contributed by atoms with van der Waals surface area (Å²) in [6.45, 7) is 2.93. The average molecular weight is 472 g/mol. The van der Waals surface area contributed by atoms with Gasteiger partial charge in [-0.3, -0.25) is 9.07 Å². The first-order valence-corrected chi connectivity index (χ1v) is 10.0. The van der Waals surface area contributed by atoms with Crippen molar-refractivity contribution in [3.63, 3.8) is 0 Å².